The minimum atomic E-state index is -1.75. The number of amides is 1. The van der Waals surface area contributed by atoms with Crippen molar-refractivity contribution in [2.24, 2.45) is 0 Å². The van der Waals surface area contributed by atoms with Crippen molar-refractivity contribution in [1.82, 2.24) is 5.32 Å². The summed E-state index contributed by atoms with van der Waals surface area (Å²) in [5, 5.41) is 45.6. The van der Waals surface area contributed by atoms with Gasteiger partial charge in [0, 0.05) is 29.3 Å². The molecule has 6 rings (SSSR count). The van der Waals surface area contributed by atoms with Crippen LogP contribution >= 0.6 is 0 Å². The molecule has 0 spiro atoms. The predicted octanol–water partition coefficient (Wildman–Crippen LogP) is 3.69. The zero-order valence-corrected chi connectivity index (χ0v) is 25.3. The molecular formula is C35H37NO10. The first-order valence-electron chi connectivity index (χ1n) is 15.4. The molecule has 46 heavy (non-hydrogen) atoms. The van der Waals surface area contributed by atoms with Gasteiger partial charge in [0.15, 0.2) is 11.5 Å². The van der Waals surface area contributed by atoms with Crippen LogP contribution in [-0.2, 0) is 16.1 Å². The number of rotatable bonds is 8. The zero-order chi connectivity index (χ0) is 32.4. The molecule has 11 nitrogen and oxygen atoms in total. The lowest BCUT2D eigenvalue weighted by Crippen LogP contribution is -2.63. The van der Waals surface area contributed by atoms with Crippen LogP contribution in [0.1, 0.15) is 43.2 Å². The second kappa shape index (κ2) is 13.5. The first-order valence-corrected chi connectivity index (χ1v) is 15.4. The van der Waals surface area contributed by atoms with Crippen molar-refractivity contribution < 1.29 is 43.8 Å². The Kier molecular flexibility index (Phi) is 9.27. The van der Waals surface area contributed by atoms with Gasteiger partial charge in [0.05, 0.1) is 0 Å². The Balaban J connectivity index is 1.23. The number of hydrogen-bond acceptors (Lipinski definition) is 10. The Morgan fingerprint density at radius 2 is 1.65 bits per heavy atom. The first-order chi connectivity index (χ1) is 22.2. The van der Waals surface area contributed by atoms with Crippen LogP contribution in [0.2, 0.25) is 0 Å². The summed E-state index contributed by atoms with van der Waals surface area (Å²) in [6.07, 6.45) is -3.63. The molecule has 1 saturated carbocycles. The summed E-state index contributed by atoms with van der Waals surface area (Å²) in [6.45, 7) is 1.90. The van der Waals surface area contributed by atoms with Gasteiger partial charge in [-0.25, -0.2) is 0 Å². The zero-order valence-electron chi connectivity index (χ0n) is 25.3. The number of nitrogens with one attached hydrogen (secondary N) is 1. The van der Waals surface area contributed by atoms with Crippen LogP contribution in [0.4, 0.5) is 0 Å². The van der Waals surface area contributed by atoms with E-state index in [1.807, 2.05) is 30.3 Å². The standard InChI is InChI=1S/C35H37NO10/c1-19-25(45-35-32(41)30(39)31(40)33(46-35)34(42)36-22-10-6-3-7-11-22)17-27-28(29(19)38)24(37)16-26(44-27)21-12-14-23(15-13-21)43-18-20-8-4-2-5-9-20/h2,4-5,8-9,12-17,22,30-33,35,38-41H,3,6-7,10-11,18H2,1H3,(H,36,42). The molecule has 5 unspecified atom stereocenters. The van der Waals surface area contributed by atoms with Gasteiger partial charge in [0.1, 0.15) is 58.9 Å². The number of aromatic hydroxyl groups is 1. The Hall–Kier alpha value is -4.42. The number of ether oxygens (including phenoxy) is 3. The number of phenolic OH excluding ortho intramolecular Hbond substituents is 1. The topological polar surface area (TPSA) is 168 Å². The number of carbonyl (C=O) groups is 1. The molecule has 242 valence electrons. The fourth-order valence-electron chi connectivity index (χ4n) is 5.92. The maximum atomic E-state index is 13.1. The number of carbonyl (C=O) groups excluding carboxylic acids is 1. The highest BCUT2D eigenvalue weighted by Crippen LogP contribution is 2.37. The molecule has 2 heterocycles. The molecular weight excluding hydrogens is 594 g/mol. The average molecular weight is 632 g/mol. The monoisotopic (exact) mass is 631 g/mol. The summed E-state index contributed by atoms with van der Waals surface area (Å²) in [4.78, 5) is 26.1. The largest absolute Gasteiger partial charge is 0.507 e. The summed E-state index contributed by atoms with van der Waals surface area (Å²) in [6, 6.07) is 19.3. The maximum Gasteiger partial charge on any atom is 0.252 e. The van der Waals surface area contributed by atoms with Gasteiger partial charge >= 0.3 is 0 Å². The SMILES string of the molecule is Cc1c(OC2OC(C(=O)NC3CCCCC3)C(O)C(O)C2O)cc2oc(-c3ccc(OCc4ccccc4)cc3)cc(=O)c2c1O. The van der Waals surface area contributed by atoms with Crippen molar-refractivity contribution in [3.8, 4) is 28.6 Å². The van der Waals surface area contributed by atoms with Crippen molar-refractivity contribution in [3.63, 3.8) is 0 Å². The molecule has 1 aliphatic heterocycles. The Morgan fingerprint density at radius 3 is 2.37 bits per heavy atom. The summed E-state index contributed by atoms with van der Waals surface area (Å²) >= 11 is 0. The minimum absolute atomic E-state index is 0.00229. The maximum absolute atomic E-state index is 13.1. The van der Waals surface area contributed by atoms with Gasteiger partial charge in [0.2, 0.25) is 6.29 Å². The van der Waals surface area contributed by atoms with Crippen molar-refractivity contribution in [3.05, 3.63) is 88.1 Å². The Bertz CT molecular complexity index is 1730. The fraction of sp³-hybridized carbons (Fsp3) is 0.371. The van der Waals surface area contributed by atoms with E-state index < -0.39 is 47.8 Å². The summed E-state index contributed by atoms with van der Waals surface area (Å²) in [5.74, 6) is -0.176. The van der Waals surface area contributed by atoms with Gasteiger partial charge < -0.3 is 44.4 Å². The molecule has 0 radical (unpaired) electrons. The van der Waals surface area contributed by atoms with Gasteiger partial charge in [-0.05, 0) is 49.6 Å². The molecule has 11 heteroatoms. The summed E-state index contributed by atoms with van der Waals surface area (Å²) < 4.78 is 23.4. The smallest absolute Gasteiger partial charge is 0.252 e. The van der Waals surface area contributed by atoms with E-state index >= 15 is 0 Å². The quantitative estimate of drug-likeness (QED) is 0.193. The molecule has 4 aromatic rings. The molecule has 0 bridgehead atoms. The highest BCUT2D eigenvalue weighted by molar-refractivity contribution is 5.88. The van der Waals surface area contributed by atoms with E-state index in [4.69, 9.17) is 18.6 Å². The van der Waals surface area contributed by atoms with Gasteiger partial charge in [-0.2, -0.15) is 0 Å². The third-order valence-corrected chi connectivity index (χ3v) is 8.61. The number of aliphatic hydroxyl groups is 3. The highest BCUT2D eigenvalue weighted by atomic mass is 16.7. The minimum Gasteiger partial charge on any atom is -0.507 e. The second-order valence-electron chi connectivity index (χ2n) is 11.9. The third kappa shape index (κ3) is 6.59. The average Bonchev–Trinajstić information content (AvgIpc) is 3.07. The van der Waals surface area contributed by atoms with E-state index in [2.05, 4.69) is 5.32 Å². The van der Waals surface area contributed by atoms with E-state index in [0.717, 1.165) is 37.7 Å². The number of hydrogen-bond donors (Lipinski definition) is 5. The molecule has 1 aliphatic carbocycles. The van der Waals surface area contributed by atoms with Crippen LogP contribution in [0.3, 0.4) is 0 Å². The predicted molar refractivity (Wildman–Crippen MR) is 167 cm³/mol. The van der Waals surface area contributed by atoms with Crippen LogP contribution in [0.5, 0.6) is 17.2 Å². The fourth-order valence-corrected chi connectivity index (χ4v) is 5.92. The van der Waals surface area contributed by atoms with Crippen molar-refractivity contribution in [2.45, 2.75) is 82.4 Å². The highest BCUT2D eigenvalue weighted by Gasteiger charge is 2.48. The second-order valence-corrected chi connectivity index (χ2v) is 11.9. The lowest BCUT2D eigenvalue weighted by molar-refractivity contribution is -0.267. The first kappa shape index (κ1) is 31.6. The number of fused-ring (bicyclic) bond motifs is 1. The molecule has 2 fully saturated rings. The molecule has 5 N–H and O–H groups in total. The van der Waals surface area contributed by atoms with Crippen LogP contribution in [0.25, 0.3) is 22.3 Å². The number of phenols is 1. The summed E-state index contributed by atoms with van der Waals surface area (Å²) in [7, 11) is 0. The van der Waals surface area contributed by atoms with Crippen LogP contribution in [0, 0.1) is 6.92 Å². The molecule has 1 saturated heterocycles. The van der Waals surface area contributed by atoms with Crippen LogP contribution in [0.15, 0.2) is 75.9 Å². The van der Waals surface area contributed by atoms with Gasteiger partial charge in [-0.1, -0.05) is 49.6 Å². The lowest BCUT2D eigenvalue weighted by Gasteiger charge is -2.40. The van der Waals surface area contributed by atoms with E-state index in [-0.39, 0.29) is 34.1 Å². The van der Waals surface area contributed by atoms with Crippen LogP contribution in [-0.4, -0.2) is 63.1 Å². The molecule has 3 aromatic carbocycles. The Morgan fingerprint density at radius 1 is 0.935 bits per heavy atom. The molecule has 2 aliphatic rings. The molecule has 1 aromatic heterocycles. The van der Waals surface area contributed by atoms with E-state index in [1.165, 1.54) is 19.1 Å². The van der Waals surface area contributed by atoms with Crippen LogP contribution < -0.4 is 20.2 Å². The molecule has 1 amide bonds. The summed E-state index contributed by atoms with van der Waals surface area (Å²) in [5.41, 5.74) is 1.27. The van der Waals surface area contributed by atoms with Gasteiger partial charge in [-0.15, -0.1) is 0 Å². The van der Waals surface area contributed by atoms with Crippen molar-refractivity contribution in [2.75, 3.05) is 0 Å². The Labute approximate surface area is 265 Å². The van der Waals surface area contributed by atoms with E-state index in [9.17, 15) is 30.0 Å². The number of benzene rings is 3. The van der Waals surface area contributed by atoms with Gasteiger partial charge in [0.25, 0.3) is 5.91 Å². The lowest BCUT2D eigenvalue weighted by atomic mass is 9.94. The number of aliphatic hydroxyl groups excluding tert-OH is 3. The third-order valence-electron chi connectivity index (χ3n) is 8.61. The molecule has 5 atom stereocenters. The normalized spacial score (nSPS) is 23.6. The van der Waals surface area contributed by atoms with E-state index in [1.54, 1.807) is 24.3 Å². The van der Waals surface area contributed by atoms with E-state index in [0.29, 0.717) is 17.9 Å². The van der Waals surface area contributed by atoms with Crippen molar-refractivity contribution >= 4 is 16.9 Å². The van der Waals surface area contributed by atoms with Gasteiger partial charge in [-0.3, -0.25) is 9.59 Å². The van der Waals surface area contributed by atoms with Crippen molar-refractivity contribution in [1.29, 1.82) is 0 Å².